The first-order valence-electron chi connectivity index (χ1n) is 10.4. The van der Waals surface area contributed by atoms with Crippen LogP contribution >= 0.6 is 23.4 Å². The van der Waals surface area contributed by atoms with Crippen molar-refractivity contribution in [3.63, 3.8) is 0 Å². The summed E-state index contributed by atoms with van der Waals surface area (Å²) in [6, 6.07) is 15.1. The molecule has 160 valence electrons. The first-order chi connectivity index (χ1) is 15.0. The topological polar surface area (TPSA) is 47.3 Å². The molecule has 4 rings (SSSR count). The number of carbonyl (C=O) groups is 1. The number of benzene rings is 2. The highest BCUT2D eigenvalue weighted by Gasteiger charge is 2.39. The highest BCUT2D eigenvalue weighted by atomic mass is 35.5. The summed E-state index contributed by atoms with van der Waals surface area (Å²) in [5, 5.41) is 10.7. The van der Waals surface area contributed by atoms with Gasteiger partial charge in [-0.3, -0.25) is 9.69 Å². The van der Waals surface area contributed by atoms with E-state index in [1.807, 2.05) is 0 Å². The van der Waals surface area contributed by atoms with Crippen LogP contribution in [0.1, 0.15) is 43.2 Å². The Morgan fingerprint density at radius 1 is 1.26 bits per heavy atom. The number of aryl methyl sites for hydroxylation is 1. The third-order valence-corrected chi connectivity index (χ3v) is 7.25. The molecule has 0 spiro atoms. The van der Waals surface area contributed by atoms with Crippen LogP contribution in [0.15, 0.2) is 53.1 Å². The van der Waals surface area contributed by atoms with E-state index in [2.05, 4.69) is 42.2 Å². The zero-order valence-electron chi connectivity index (χ0n) is 17.3. The van der Waals surface area contributed by atoms with E-state index >= 15 is 0 Å². The number of hydrogen-bond donors (Lipinski definition) is 0. The number of nitrogens with zero attached hydrogens (tertiary/aromatic N) is 3. The fourth-order valence-electron chi connectivity index (χ4n) is 4.07. The Balaban J connectivity index is 1.60. The Labute approximate surface area is 191 Å². The van der Waals surface area contributed by atoms with E-state index in [4.69, 9.17) is 11.6 Å². The van der Waals surface area contributed by atoms with Crippen molar-refractivity contribution < 1.29 is 9.18 Å². The highest BCUT2D eigenvalue weighted by Crippen LogP contribution is 2.45. The van der Waals surface area contributed by atoms with E-state index in [1.165, 1.54) is 35.9 Å². The number of fused-ring (bicyclic) bond motifs is 1. The second kappa shape index (κ2) is 9.33. The number of allylic oxidation sites excluding steroid dienone is 1. The van der Waals surface area contributed by atoms with Gasteiger partial charge < -0.3 is 4.90 Å². The molecule has 0 N–H and O–H groups in total. The second-order valence-corrected chi connectivity index (χ2v) is 9.11. The van der Waals surface area contributed by atoms with Crippen LogP contribution in [0.5, 0.6) is 0 Å². The van der Waals surface area contributed by atoms with Crippen LogP contribution in [0.3, 0.4) is 0 Å². The van der Waals surface area contributed by atoms with Crippen molar-refractivity contribution in [1.29, 1.82) is 5.26 Å². The first-order valence-corrected chi connectivity index (χ1v) is 11.7. The number of carbonyl (C=O) groups excluding carboxylic acids is 1. The van der Waals surface area contributed by atoms with Gasteiger partial charge in [0.15, 0.2) is 0 Å². The van der Waals surface area contributed by atoms with Crippen LogP contribution < -0.4 is 4.90 Å². The molecule has 1 amide bonds. The molecule has 2 aromatic rings. The number of rotatable bonds is 5. The summed E-state index contributed by atoms with van der Waals surface area (Å²) < 4.78 is 14.5. The van der Waals surface area contributed by atoms with Gasteiger partial charge in [0.25, 0.3) is 0 Å². The maximum Gasteiger partial charge on any atom is 0.229 e. The van der Waals surface area contributed by atoms with Gasteiger partial charge >= 0.3 is 0 Å². The van der Waals surface area contributed by atoms with Gasteiger partial charge in [-0.25, -0.2) is 4.39 Å². The molecule has 2 aromatic carbocycles. The minimum Gasteiger partial charge on any atom is -0.344 e. The van der Waals surface area contributed by atoms with Gasteiger partial charge in [-0.15, -0.1) is 0 Å². The zero-order chi connectivity index (χ0) is 22.0. The van der Waals surface area contributed by atoms with Gasteiger partial charge in [0, 0.05) is 28.6 Å². The summed E-state index contributed by atoms with van der Waals surface area (Å²) in [6.45, 7) is 2.55. The molecule has 0 bridgehead atoms. The highest BCUT2D eigenvalue weighted by molar-refractivity contribution is 8.03. The fourth-order valence-corrected chi connectivity index (χ4v) is 5.53. The average molecular weight is 456 g/mol. The van der Waals surface area contributed by atoms with Crippen LogP contribution in [0.25, 0.3) is 0 Å². The van der Waals surface area contributed by atoms with E-state index in [0.29, 0.717) is 23.1 Å². The lowest BCUT2D eigenvalue weighted by Crippen LogP contribution is -2.47. The van der Waals surface area contributed by atoms with Crippen LogP contribution in [0, 0.1) is 17.1 Å². The SMILES string of the molecule is CCCCc1ccc(N2CSC3=C(C#N)[C@H](c4c(F)cccc4Cl)CC(=O)N3C2)cc1. The summed E-state index contributed by atoms with van der Waals surface area (Å²) in [6.07, 6.45) is 3.42. The Hall–Kier alpha value is -2.49. The van der Waals surface area contributed by atoms with Crippen LogP contribution in [-0.4, -0.2) is 23.4 Å². The molecule has 0 radical (unpaired) electrons. The van der Waals surface area contributed by atoms with Gasteiger partial charge in [0.1, 0.15) is 5.82 Å². The van der Waals surface area contributed by atoms with Crippen molar-refractivity contribution in [3.8, 4) is 6.07 Å². The lowest BCUT2D eigenvalue weighted by Gasteiger charge is -2.42. The minimum atomic E-state index is -0.658. The van der Waals surface area contributed by atoms with Crippen molar-refractivity contribution in [2.45, 2.75) is 38.5 Å². The summed E-state index contributed by atoms with van der Waals surface area (Å²) in [7, 11) is 0. The van der Waals surface area contributed by atoms with Crippen molar-refractivity contribution in [3.05, 3.63) is 75.0 Å². The summed E-state index contributed by atoms with van der Waals surface area (Å²) in [5.74, 6) is -0.668. The molecule has 2 heterocycles. The molecule has 1 atom stereocenters. The molecule has 0 unspecified atom stereocenters. The van der Waals surface area contributed by atoms with E-state index in [0.717, 1.165) is 18.5 Å². The largest absolute Gasteiger partial charge is 0.344 e. The number of anilines is 1. The smallest absolute Gasteiger partial charge is 0.229 e. The van der Waals surface area contributed by atoms with Crippen molar-refractivity contribution in [2.24, 2.45) is 0 Å². The lowest BCUT2D eigenvalue weighted by molar-refractivity contribution is -0.129. The van der Waals surface area contributed by atoms with Crippen molar-refractivity contribution in [1.82, 2.24) is 4.90 Å². The molecule has 2 aliphatic heterocycles. The number of nitriles is 1. The normalized spacial score (nSPS) is 18.8. The van der Waals surface area contributed by atoms with Crippen molar-refractivity contribution >= 4 is 35.0 Å². The third-order valence-electron chi connectivity index (χ3n) is 5.76. The lowest BCUT2D eigenvalue weighted by atomic mass is 9.86. The minimum absolute atomic E-state index is 0.0252. The molecule has 4 nitrogen and oxygen atoms in total. The number of amides is 1. The second-order valence-electron chi connectivity index (χ2n) is 7.77. The number of unbranched alkanes of at least 4 members (excludes halogenated alkanes) is 1. The number of halogens is 2. The van der Waals surface area contributed by atoms with Gasteiger partial charge in [-0.05, 0) is 42.7 Å². The molecule has 0 aliphatic carbocycles. The summed E-state index contributed by atoms with van der Waals surface area (Å²) in [4.78, 5) is 16.8. The predicted octanol–water partition coefficient (Wildman–Crippen LogP) is 6.04. The molecule has 7 heteroatoms. The fraction of sp³-hybridized carbons (Fsp3) is 0.333. The number of hydrogen-bond acceptors (Lipinski definition) is 4. The van der Waals surface area contributed by atoms with Crippen LogP contribution in [-0.2, 0) is 11.2 Å². The summed E-state index contributed by atoms with van der Waals surface area (Å²) in [5.41, 5.74) is 2.98. The predicted molar refractivity (Wildman–Crippen MR) is 123 cm³/mol. The maximum absolute atomic E-state index is 14.5. The zero-order valence-corrected chi connectivity index (χ0v) is 18.8. The van der Waals surface area contributed by atoms with E-state index in [9.17, 15) is 14.4 Å². The molecule has 0 saturated carbocycles. The standard InChI is InChI=1S/C24H23ClFN3OS/c1-2-3-5-16-8-10-17(11-9-16)28-14-29-22(30)12-18(19(13-27)24(29)31-15-28)23-20(25)6-4-7-21(23)26/h4,6-11,18H,2-3,5,12,14-15H2,1H3/t18-/m1/s1. The Morgan fingerprint density at radius 3 is 2.71 bits per heavy atom. The van der Waals surface area contributed by atoms with Gasteiger partial charge in [-0.1, -0.05) is 54.9 Å². The molecule has 1 fully saturated rings. The third kappa shape index (κ3) is 4.30. The molecule has 1 saturated heterocycles. The molecule has 2 aliphatic rings. The average Bonchev–Trinajstić information content (AvgIpc) is 2.78. The number of thioether (sulfide) groups is 1. The van der Waals surface area contributed by atoms with Gasteiger partial charge in [0.05, 0.1) is 29.2 Å². The quantitative estimate of drug-likeness (QED) is 0.551. The molecular weight excluding hydrogens is 433 g/mol. The van der Waals surface area contributed by atoms with Gasteiger partial charge in [-0.2, -0.15) is 5.26 Å². The Kier molecular flexibility index (Phi) is 6.54. The van der Waals surface area contributed by atoms with Gasteiger partial charge in [0.2, 0.25) is 5.91 Å². The first kappa shape index (κ1) is 21.7. The van der Waals surface area contributed by atoms with E-state index in [-0.39, 0.29) is 22.9 Å². The monoisotopic (exact) mass is 455 g/mol. The maximum atomic E-state index is 14.5. The van der Waals surface area contributed by atoms with Crippen LogP contribution in [0.2, 0.25) is 5.02 Å². The Bertz CT molecular complexity index is 1040. The van der Waals surface area contributed by atoms with E-state index < -0.39 is 11.7 Å². The Morgan fingerprint density at radius 2 is 2.03 bits per heavy atom. The molecule has 31 heavy (non-hydrogen) atoms. The van der Waals surface area contributed by atoms with Crippen molar-refractivity contribution in [2.75, 3.05) is 17.4 Å². The molecule has 0 aromatic heterocycles. The van der Waals surface area contributed by atoms with Crippen LogP contribution in [0.4, 0.5) is 10.1 Å². The van der Waals surface area contributed by atoms with E-state index in [1.54, 1.807) is 11.0 Å². The molecular formula is C24H23ClFN3OS. The summed E-state index contributed by atoms with van der Waals surface area (Å²) >= 11 is 7.68.